The van der Waals surface area contributed by atoms with Gasteiger partial charge in [0, 0.05) is 12.7 Å². The van der Waals surface area contributed by atoms with Gasteiger partial charge in [0.2, 0.25) is 0 Å². The quantitative estimate of drug-likeness (QED) is 0.681. The number of rotatable bonds is 5. The summed E-state index contributed by atoms with van der Waals surface area (Å²) in [5.41, 5.74) is 0.460. The minimum Gasteiger partial charge on any atom is -0.497 e. The van der Waals surface area contributed by atoms with Crippen LogP contribution in [0.1, 0.15) is 27.3 Å². The second kappa shape index (κ2) is 7.71. The van der Waals surface area contributed by atoms with Gasteiger partial charge in [-0.3, -0.25) is 9.20 Å². The average molecular weight is 412 g/mol. The van der Waals surface area contributed by atoms with Gasteiger partial charge in [-0.25, -0.2) is 4.98 Å². The number of carbonyl (C=O) groups is 1. The summed E-state index contributed by atoms with van der Waals surface area (Å²) in [4.78, 5) is 16.7. The third kappa shape index (κ3) is 4.06. The number of carbonyl (C=O) groups excluding carboxylic acids is 1. The number of benzene rings is 1. The number of nitrogens with one attached hydrogen (secondary N) is 1. The molecule has 1 N–H and O–H groups in total. The van der Waals surface area contributed by atoms with Crippen LogP contribution in [0.5, 0.6) is 5.75 Å². The molecule has 0 bridgehead atoms. The number of hydrogen-bond donors (Lipinski definition) is 1. The molecule has 148 valence electrons. The van der Waals surface area contributed by atoms with E-state index in [1.165, 1.54) is 0 Å². The van der Waals surface area contributed by atoms with Crippen molar-refractivity contribution in [2.75, 3.05) is 13.7 Å². The van der Waals surface area contributed by atoms with Crippen molar-refractivity contribution in [1.29, 1.82) is 0 Å². The van der Waals surface area contributed by atoms with E-state index in [1.54, 1.807) is 14.0 Å². The first-order valence-electron chi connectivity index (χ1n) is 8.37. The van der Waals surface area contributed by atoms with Crippen molar-refractivity contribution in [3.8, 4) is 5.75 Å². The number of aromatic nitrogens is 2. The van der Waals surface area contributed by atoms with Gasteiger partial charge in [0.25, 0.3) is 5.91 Å². The van der Waals surface area contributed by atoms with Crippen molar-refractivity contribution in [3.63, 3.8) is 0 Å². The Kier molecular flexibility index (Phi) is 5.51. The van der Waals surface area contributed by atoms with Crippen molar-refractivity contribution in [1.82, 2.24) is 14.7 Å². The topological polar surface area (TPSA) is 55.6 Å². The standard InChI is InChI=1S/C19H17ClF3N3O2/c1-11-16(18(27)24-8-7-12-3-5-14(28-2)6-4-12)26-10-13(19(21,22)23)9-15(20)17(26)25-11/h3-6,9-10H,7-8H2,1-2H3,(H,24,27). The van der Waals surface area contributed by atoms with E-state index in [2.05, 4.69) is 10.3 Å². The Labute approximate surface area is 164 Å². The van der Waals surface area contributed by atoms with E-state index in [9.17, 15) is 18.0 Å². The van der Waals surface area contributed by atoms with E-state index in [1.807, 2.05) is 24.3 Å². The molecule has 0 aliphatic rings. The van der Waals surface area contributed by atoms with Crippen LogP contribution in [0.15, 0.2) is 36.5 Å². The lowest BCUT2D eigenvalue weighted by atomic mass is 10.1. The van der Waals surface area contributed by atoms with Gasteiger partial charge < -0.3 is 10.1 Å². The van der Waals surface area contributed by atoms with Gasteiger partial charge in [0.15, 0.2) is 5.65 Å². The van der Waals surface area contributed by atoms with Crippen LogP contribution in [0.2, 0.25) is 5.02 Å². The summed E-state index contributed by atoms with van der Waals surface area (Å²) >= 11 is 5.94. The summed E-state index contributed by atoms with van der Waals surface area (Å²) in [5, 5.41) is 2.55. The zero-order valence-corrected chi connectivity index (χ0v) is 15.9. The van der Waals surface area contributed by atoms with Gasteiger partial charge in [0.05, 0.1) is 23.4 Å². The Balaban J connectivity index is 1.80. The predicted molar refractivity (Wildman–Crippen MR) is 99.0 cm³/mol. The van der Waals surface area contributed by atoms with Crippen LogP contribution < -0.4 is 10.1 Å². The van der Waals surface area contributed by atoms with Crippen LogP contribution in [0.4, 0.5) is 13.2 Å². The molecule has 3 aromatic rings. The normalized spacial score (nSPS) is 11.6. The first-order valence-corrected chi connectivity index (χ1v) is 8.75. The Morgan fingerprint density at radius 2 is 1.96 bits per heavy atom. The summed E-state index contributed by atoms with van der Waals surface area (Å²) in [7, 11) is 1.57. The molecule has 9 heteroatoms. The fourth-order valence-corrected chi connectivity index (χ4v) is 3.09. The van der Waals surface area contributed by atoms with Crippen molar-refractivity contribution >= 4 is 23.2 Å². The smallest absolute Gasteiger partial charge is 0.417 e. The molecule has 0 aliphatic heterocycles. The van der Waals surface area contributed by atoms with Gasteiger partial charge in [-0.1, -0.05) is 23.7 Å². The molecule has 0 radical (unpaired) electrons. The molecule has 1 aromatic carbocycles. The van der Waals surface area contributed by atoms with Crippen LogP contribution in [0.3, 0.4) is 0 Å². The highest BCUT2D eigenvalue weighted by molar-refractivity contribution is 6.33. The fraction of sp³-hybridized carbons (Fsp3) is 0.263. The minimum absolute atomic E-state index is 0.0257. The minimum atomic E-state index is -4.59. The van der Waals surface area contributed by atoms with E-state index in [0.29, 0.717) is 18.7 Å². The number of imidazole rings is 1. The van der Waals surface area contributed by atoms with Gasteiger partial charge in [-0.05, 0) is 37.1 Å². The Morgan fingerprint density at radius 3 is 2.57 bits per heavy atom. The molecule has 5 nitrogen and oxygen atoms in total. The zero-order chi connectivity index (χ0) is 20.5. The molecular weight excluding hydrogens is 395 g/mol. The third-order valence-electron chi connectivity index (χ3n) is 4.25. The summed E-state index contributed by atoms with van der Waals surface area (Å²) < 4.78 is 45.4. The van der Waals surface area contributed by atoms with Crippen LogP contribution >= 0.6 is 11.6 Å². The van der Waals surface area contributed by atoms with Gasteiger partial charge >= 0.3 is 6.18 Å². The van der Waals surface area contributed by atoms with Crippen LogP contribution in [0.25, 0.3) is 5.65 Å². The maximum Gasteiger partial charge on any atom is 0.417 e. The van der Waals surface area contributed by atoms with E-state index >= 15 is 0 Å². The molecule has 2 aromatic heterocycles. The number of alkyl halides is 3. The molecule has 28 heavy (non-hydrogen) atoms. The number of pyridine rings is 1. The molecule has 2 heterocycles. The van der Waals surface area contributed by atoms with Gasteiger partial charge in [0.1, 0.15) is 11.4 Å². The zero-order valence-electron chi connectivity index (χ0n) is 15.1. The maximum absolute atomic E-state index is 13.1. The second-order valence-corrected chi connectivity index (χ2v) is 6.58. The second-order valence-electron chi connectivity index (χ2n) is 6.17. The van der Waals surface area contributed by atoms with Crippen molar-refractivity contribution in [2.24, 2.45) is 0 Å². The molecule has 3 rings (SSSR count). The predicted octanol–water partition coefficient (Wildman–Crippen LogP) is 4.30. The highest BCUT2D eigenvalue weighted by atomic mass is 35.5. The lowest BCUT2D eigenvalue weighted by Crippen LogP contribution is -2.27. The molecule has 0 spiro atoms. The highest BCUT2D eigenvalue weighted by Gasteiger charge is 2.32. The van der Waals surface area contributed by atoms with Gasteiger partial charge in [-0.2, -0.15) is 13.2 Å². The summed E-state index contributed by atoms with van der Waals surface area (Å²) in [6, 6.07) is 8.17. The fourth-order valence-electron chi connectivity index (χ4n) is 2.84. The Hall–Kier alpha value is -2.74. The van der Waals surface area contributed by atoms with E-state index in [4.69, 9.17) is 16.3 Å². The first kappa shape index (κ1) is 20.0. The number of methoxy groups -OCH3 is 1. The number of hydrogen-bond acceptors (Lipinski definition) is 3. The first-order chi connectivity index (χ1) is 13.2. The van der Waals surface area contributed by atoms with E-state index < -0.39 is 17.6 Å². The third-order valence-corrected chi connectivity index (χ3v) is 4.53. The number of fused-ring (bicyclic) bond motifs is 1. The van der Waals surface area contributed by atoms with Crippen molar-refractivity contribution in [2.45, 2.75) is 19.5 Å². The lowest BCUT2D eigenvalue weighted by Gasteiger charge is -2.10. The average Bonchev–Trinajstić information content (AvgIpc) is 2.98. The lowest BCUT2D eigenvalue weighted by molar-refractivity contribution is -0.137. The number of ether oxygens (including phenoxy) is 1. The van der Waals surface area contributed by atoms with Crippen LogP contribution in [-0.2, 0) is 12.6 Å². The van der Waals surface area contributed by atoms with Crippen LogP contribution in [-0.4, -0.2) is 28.9 Å². The van der Waals surface area contributed by atoms with Gasteiger partial charge in [-0.15, -0.1) is 0 Å². The van der Waals surface area contributed by atoms with Crippen molar-refractivity contribution < 1.29 is 22.7 Å². The number of nitrogens with zero attached hydrogens (tertiary/aromatic N) is 2. The Bertz CT molecular complexity index is 1010. The molecule has 0 atom stereocenters. The molecule has 0 saturated carbocycles. The van der Waals surface area contributed by atoms with E-state index in [0.717, 1.165) is 28.0 Å². The summed E-state index contributed by atoms with van der Waals surface area (Å²) in [6.07, 6.45) is -3.20. The molecular formula is C19H17ClF3N3O2. The molecule has 0 saturated heterocycles. The SMILES string of the molecule is COc1ccc(CCNC(=O)c2c(C)nc3c(Cl)cc(C(F)(F)F)cn23)cc1. The monoisotopic (exact) mass is 411 g/mol. The largest absolute Gasteiger partial charge is 0.497 e. The van der Waals surface area contributed by atoms with Crippen LogP contribution in [0, 0.1) is 6.92 Å². The molecule has 0 unspecified atom stereocenters. The Morgan fingerprint density at radius 1 is 1.29 bits per heavy atom. The summed E-state index contributed by atoms with van der Waals surface area (Å²) in [6.45, 7) is 1.86. The number of halogens is 4. The number of amides is 1. The molecule has 0 fully saturated rings. The maximum atomic E-state index is 13.1. The highest BCUT2D eigenvalue weighted by Crippen LogP contribution is 2.33. The molecule has 0 aliphatic carbocycles. The summed E-state index contributed by atoms with van der Waals surface area (Å²) in [5.74, 6) is 0.209. The molecule has 1 amide bonds. The van der Waals surface area contributed by atoms with Crippen molar-refractivity contribution in [3.05, 3.63) is 64.1 Å². The number of aryl methyl sites for hydroxylation is 1. The van der Waals surface area contributed by atoms with E-state index in [-0.39, 0.29) is 16.4 Å².